The normalized spacial score (nSPS) is 10.8. The number of aromatic nitrogens is 2. The molecule has 0 aliphatic carbocycles. The fraction of sp³-hybridized carbons (Fsp3) is 0.300. The van der Waals surface area contributed by atoms with Gasteiger partial charge in [-0.05, 0) is 24.5 Å². The van der Waals surface area contributed by atoms with Gasteiger partial charge in [-0.15, -0.1) is 0 Å². The average molecular weight is 225 g/mol. The summed E-state index contributed by atoms with van der Waals surface area (Å²) in [5.74, 6) is 1.47. The number of imidazole rings is 1. The summed E-state index contributed by atoms with van der Waals surface area (Å²) in [7, 11) is 0. The van der Waals surface area contributed by atoms with E-state index in [2.05, 4.69) is 21.5 Å². The first-order chi connectivity index (χ1) is 7.29. The minimum atomic E-state index is -0.248. The van der Waals surface area contributed by atoms with Crippen LogP contribution in [0.15, 0.2) is 18.2 Å². The maximum absolute atomic E-state index is 12.9. The second-order valence-corrected chi connectivity index (χ2v) is 4.15. The van der Waals surface area contributed by atoms with Crippen LogP contribution in [0.25, 0.3) is 11.0 Å². The van der Waals surface area contributed by atoms with Gasteiger partial charge >= 0.3 is 0 Å². The second kappa shape index (κ2) is 4.53. The summed E-state index contributed by atoms with van der Waals surface area (Å²) in [6, 6.07) is 4.53. The maximum Gasteiger partial charge on any atom is 0.201 e. The maximum atomic E-state index is 12.9. The van der Waals surface area contributed by atoms with E-state index in [9.17, 15) is 4.39 Å². The highest BCUT2D eigenvalue weighted by atomic mass is 32.2. The number of aromatic amines is 1. The Kier molecular flexibility index (Phi) is 3.11. The SMILES string of the molecule is CSCCNc1nc2ccc(F)cc2[nH]1. The zero-order valence-corrected chi connectivity index (χ0v) is 9.20. The Hall–Kier alpha value is -1.23. The Bertz CT molecular complexity index is 455. The predicted molar refractivity (Wildman–Crippen MR) is 62.9 cm³/mol. The number of H-pyrrole nitrogens is 1. The third kappa shape index (κ3) is 2.41. The summed E-state index contributed by atoms with van der Waals surface area (Å²) < 4.78 is 12.9. The Balaban J connectivity index is 2.16. The molecule has 2 N–H and O–H groups in total. The minimum Gasteiger partial charge on any atom is -0.355 e. The van der Waals surface area contributed by atoms with E-state index in [4.69, 9.17) is 0 Å². The molecule has 80 valence electrons. The van der Waals surface area contributed by atoms with Crippen LogP contribution in [0.2, 0.25) is 0 Å². The third-order valence-corrected chi connectivity index (χ3v) is 2.65. The minimum absolute atomic E-state index is 0.248. The molecule has 0 atom stereocenters. The predicted octanol–water partition coefficient (Wildman–Crippen LogP) is 2.48. The number of nitrogens with one attached hydrogen (secondary N) is 2. The standard InChI is InChI=1S/C10H12FN3S/c1-15-5-4-12-10-13-8-3-2-7(11)6-9(8)14-10/h2-3,6H,4-5H2,1H3,(H2,12,13,14). The Labute approximate surface area is 91.5 Å². The molecule has 0 saturated heterocycles. The third-order valence-electron chi connectivity index (χ3n) is 2.04. The first kappa shape index (κ1) is 10.3. The molecule has 3 nitrogen and oxygen atoms in total. The molecule has 0 radical (unpaired) electrons. The molecule has 0 amide bonds. The zero-order chi connectivity index (χ0) is 10.7. The number of nitrogens with zero attached hydrogens (tertiary/aromatic N) is 1. The molecule has 0 aliphatic rings. The average Bonchev–Trinajstić information content (AvgIpc) is 2.60. The number of benzene rings is 1. The lowest BCUT2D eigenvalue weighted by Crippen LogP contribution is -2.04. The van der Waals surface area contributed by atoms with Gasteiger partial charge in [-0.25, -0.2) is 9.37 Å². The van der Waals surface area contributed by atoms with Crippen LogP contribution in [0.1, 0.15) is 0 Å². The fourth-order valence-corrected chi connectivity index (χ4v) is 1.64. The first-order valence-electron chi connectivity index (χ1n) is 4.67. The van der Waals surface area contributed by atoms with Crippen LogP contribution in [-0.4, -0.2) is 28.5 Å². The van der Waals surface area contributed by atoms with Gasteiger partial charge in [0.1, 0.15) is 5.82 Å². The topological polar surface area (TPSA) is 40.7 Å². The lowest BCUT2D eigenvalue weighted by Gasteiger charge is -1.98. The molecule has 5 heteroatoms. The molecule has 1 aromatic carbocycles. The van der Waals surface area contributed by atoms with Gasteiger partial charge in [0.2, 0.25) is 5.95 Å². The van der Waals surface area contributed by atoms with Gasteiger partial charge in [-0.2, -0.15) is 11.8 Å². The fourth-order valence-electron chi connectivity index (χ4n) is 1.34. The number of rotatable bonds is 4. The molecular weight excluding hydrogens is 213 g/mol. The van der Waals surface area contributed by atoms with Crippen LogP contribution in [0.5, 0.6) is 0 Å². The second-order valence-electron chi connectivity index (χ2n) is 3.17. The summed E-state index contributed by atoms with van der Waals surface area (Å²) in [5, 5.41) is 3.14. The van der Waals surface area contributed by atoms with Crippen molar-refractivity contribution in [1.82, 2.24) is 9.97 Å². The molecule has 0 spiro atoms. The monoisotopic (exact) mass is 225 g/mol. The van der Waals surface area contributed by atoms with E-state index < -0.39 is 0 Å². The lowest BCUT2D eigenvalue weighted by molar-refractivity contribution is 0.629. The largest absolute Gasteiger partial charge is 0.355 e. The van der Waals surface area contributed by atoms with Crippen molar-refractivity contribution in [1.29, 1.82) is 0 Å². The smallest absolute Gasteiger partial charge is 0.201 e. The molecule has 0 bridgehead atoms. The molecule has 1 heterocycles. The number of fused-ring (bicyclic) bond motifs is 1. The van der Waals surface area contributed by atoms with Crippen molar-refractivity contribution in [2.24, 2.45) is 0 Å². The molecule has 0 aliphatic heterocycles. The quantitative estimate of drug-likeness (QED) is 0.785. The van der Waals surface area contributed by atoms with Crippen LogP contribution in [-0.2, 0) is 0 Å². The molecule has 2 rings (SSSR count). The summed E-state index contributed by atoms with van der Waals surface area (Å²) >= 11 is 1.77. The Morgan fingerprint density at radius 3 is 3.20 bits per heavy atom. The van der Waals surface area contributed by atoms with Crippen molar-refractivity contribution >= 4 is 28.7 Å². The number of hydrogen-bond acceptors (Lipinski definition) is 3. The number of thioether (sulfide) groups is 1. The highest BCUT2D eigenvalue weighted by Gasteiger charge is 2.02. The van der Waals surface area contributed by atoms with Crippen LogP contribution < -0.4 is 5.32 Å². The van der Waals surface area contributed by atoms with Crippen molar-refractivity contribution in [3.05, 3.63) is 24.0 Å². The number of halogens is 1. The van der Waals surface area contributed by atoms with Crippen LogP contribution >= 0.6 is 11.8 Å². The summed E-state index contributed by atoms with van der Waals surface area (Å²) in [6.07, 6.45) is 2.05. The van der Waals surface area contributed by atoms with E-state index in [1.807, 2.05) is 0 Å². The van der Waals surface area contributed by atoms with E-state index in [0.29, 0.717) is 5.95 Å². The summed E-state index contributed by atoms with van der Waals surface area (Å²) in [5.41, 5.74) is 1.50. The van der Waals surface area contributed by atoms with Gasteiger partial charge in [0.25, 0.3) is 0 Å². The first-order valence-corrected chi connectivity index (χ1v) is 6.07. The molecule has 1 aromatic heterocycles. The van der Waals surface area contributed by atoms with Gasteiger partial charge in [0.15, 0.2) is 0 Å². The Morgan fingerprint density at radius 1 is 1.53 bits per heavy atom. The molecule has 0 saturated carbocycles. The van der Waals surface area contributed by atoms with Crippen LogP contribution in [0.4, 0.5) is 10.3 Å². The van der Waals surface area contributed by atoms with Gasteiger partial charge in [0, 0.05) is 12.3 Å². The van der Waals surface area contributed by atoms with E-state index in [-0.39, 0.29) is 5.82 Å². The molecule has 15 heavy (non-hydrogen) atoms. The molecule has 0 unspecified atom stereocenters. The highest BCUT2D eigenvalue weighted by Crippen LogP contribution is 2.15. The summed E-state index contributed by atoms with van der Waals surface area (Å²) in [6.45, 7) is 0.851. The van der Waals surface area contributed by atoms with E-state index in [0.717, 1.165) is 23.3 Å². The van der Waals surface area contributed by atoms with Crippen molar-refractivity contribution in [2.45, 2.75) is 0 Å². The van der Waals surface area contributed by atoms with E-state index in [1.165, 1.54) is 12.1 Å². The molecule has 2 aromatic rings. The van der Waals surface area contributed by atoms with Gasteiger partial charge in [-0.1, -0.05) is 0 Å². The summed E-state index contributed by atoms with van der Waals surface area (Å²) in [4.78, 5) is 7.31. The van der Waals surface area contributed by atoms with Crippen LogP contribution in [0, 0.1) is 5.82 Å². The van der Waals surface area contributed by atoms with E-state index in [1.54, 1.807) is 17.8 Å². The van der Waals surface area contributed by atoms with Crippen LogP contribution in [0.3, 0.4) is 0 Å². The van der Waals surface area contributed by atoms with Crippen molar-refractivity contribution in [2.75, 3.05) is 23.9 Å². The number of anilines is 1. The lowest BCUT2D eigenvalue weighted by atomic mass is 10.3. The Morgan fingerprint density at radius 2 is 2.40 bits per heavy atom. The van der Waals surface area contributed by atoms with Gasteiger partial charge in [-0.3, -0.25) is 0 Å². The van der Waals surface area contributed by atoms with Gasteiger partial charge in [0.05, 0.1) is 11.0 Å². The zero-order valence-electron chi connectivity index (χ0n) is 8.38. The molecular formula is C10H12FN3S. The van der Waals surface area contributed by atoms with E-state index >= 15 is 0 Å². The van der Waals surface area contributed by atoms with Crippen molar-refractivity contribution in [3.63, 3.8) is 0 Å². The van der Waals surface area contributed by atoms with Crippen molar-refractivity contribution in [3.8, 4) is 0 Å². The molecule has 0 fully saturated rings. The van der Waals surface area contributed by atoms with Gasteiger partial charge < -0.3 is 10.3 Å². The van der Waals surface area contributed by atoms with Crippen molar-refractivity contribution < 1.29 is 4.39 Å². The highest BCUT2D eigenvalue weighted by molar-refractivity contribution is 7.98. The number of hydrogen-bond donors (Lipinski definition) is 2.